The SMILES string of the molecule is Cc1cc(C)c(C(Br)C(C)c2ccncc2)c(C)c1. The van der Waals surface area contributed by atoms with Crippen molar-refractivity contribution in [2.45, 2.75) is 38.4 Å². The van der Waals surface area contributed by atoms with Crippen molar-refractivity contribution < 1.29 is 0 Å². The van der Waals surface area contributed by atoms with Crippen LogP contribution in [0, 0.1) is 20.8 Å². The van der Waals surface area contributed by atoms with Crippen LogP contribution in [0.1, 0.15) is 45.5 Å². The molecule has 0 aliphatic heterocycles. The highest BCUT2D eigenvalue weighted by Gasteiger charge is 2.21. The molecular weight excluding hydrogens is 298 g/mol. The fourth-order valence-electron chi connectivity index (χ4n) is 2.71. The molecular formula is C17H20BrN. The lowest BCUT2D eigenvalue weighted by atomic mass is 9.89. The fraction of sp³-hybridized carbons (Fsp3) is 0.353. The molecule has 0 aliphatic rings. The lowest BCUT2D eigenvalue weighted by Crippen LogP contribution is -2.06. The van der Waals surface area contributed by atoms with Crippen molar-refractivity contribution in [1.29, 1.82) is 0 Å². The van der Waals surface area contributed by atoms with Gasteiger partial charge in [-0.2, -0.15) is 0 Å². The summed E-state index contributed by atoms with van der Waals surface area (Å²) in [5.41, 5.74) is 6.78. The van der Waals surface area contributed by atoms with Crippen LogP contribution in [0.25, 0.3) is 0 Å². The van der Waals surface area contributed by atoms with Crippen LogP contribution in [-0.4, -0.2) is 4.98 Å². The highest BCUT2D eigenvalue weighted by atomic mass is 79.9. The summed E-state index contributed by atoms with van der Waals surface area (Å²) in [5, 5.41) is 0. The molecule has 0 aliphatic carbocycles. The average molecular weight is 318 g/mol. The average Bonchev–Trinajstić information content (AvgIpc) is 2.37. The summed E-state index contributed by atoms with van der Waals surface area (Å²) in [4.78, 5) is 4.42. The van der Waals surface area contributed by atoms with Crippen molar-refractivity contribution in [1.82, 2.24) is 4.98 Å². The number of nitrogens with zero attached hydrogens (tertiary/aromatic N) is 1. The Morgan fingerprint density at radius 2 is 1.53 bits per heavy atom. The Bertz CT molecular complexity index is 540. The Kier molecular flexibility index (Phi) is 4.41. The Hall–Kier alpha value is -1.15. The molecule has 0 fully saturated rings. The number of hydrogen-bond donors (Lipinski definition) is 0. The first kappa shape index (κ1) is 14.3. The van der Waals surface area contributed by atoms with Crippen LogP contribution in [0.3, 0.4) is 0 Å². The topological polar surface area (TPSA) is 12.9 Å². The minimum absolute atomic E-state index is 0.329. The Balaban J connectivity index is 2.37. The van der Waals surface area contributed by atoms with Gasteiger partial charge in [-0.25, -0.2) is 0 Å². The second-order valence-electron chi connectivity index (χ2n) is 5.28. The molecule has 2 atom stereocenters. The number of hydrogen-bond acceptors (Lipinski definition) is 1. The van der Waals surface area contributed by atoms with Crippen LogP contribution < -0.4 is 0 Å². The largest absolute Gasteiger partial charge is 0.265 e. The number of benzene rings is 1. The van der Waals surface area contributed by atoms with Crippen LogP contribution in [0.4, 0.5) is 0 Å². The monoisotopic (exact) mass is 317 g/mol. The van der Waals surface area contributed by atoms with E-state index in [1.807, 2.05) is 12.4 Å². The molecule has 1 heterocycles. The van der Waals surface area contributed by atoms with Gasteiger partial charge in [0.2, 0.25) is 0 Å². The van der Waals surface area contributed by atoms with Gasteiger partial charge in [-0.3, -0.25) is 4.98 Å². The van der Waals surface area contributed by atoms with E-state index in [2.05, 4.69) is 72.9 Å². The minimum atomic E-state index is 0.329. The maximum absolute atomic E-state index is 4.09. The van der Waals surface area contributed by atoms with Crippen molar-refractivity contribution >= 4 is 15.9 Å². The Labute approximate surface area is 124 Å². The third-order valence-corrected chi connectivity index (χ3v) is 4.94. The predicted octanol–water partition coefficient (Wildman–Crippen LogP) is 5.25. The van der Waals surface area contributed by atoms with Crippen molar-refractivity contribution in [2.24, 2.45) is 0 Å². The zero-order valence-electron chi connectivity index (χ0n) is 11.9. The molecule has 0 saturated carbocycles. The van der Waals surface area contributed by atoms with Crippen LogP contribution in [0.5, 0.6) is 0 Å². The van der Waals surface area contributed by atoms with Crippen molar-refractivity contribution in [3.05, 3.63) is 64.5 Å². The molecule has 2 aromatic rings. The van der Waals surface area contributed by atoms with E-state index in [4.69, 9.17) is 0 Å². The number of halogens is 1. The maximum Gasteiger partial charge on any atom is 0.0466 e. The molecule has 0 bridgehead atoms. The van der Waals surface area contributed by atoms with E-state index < -0.39 is 0 Å². The van der Waals surface area contributed by atoms with Gasteiger partial charge in [-0.15, -0.1) is 0 Å². The molecule has 0 saturated heterocycles. The third-order valence-electron chi connectivity index (χ3n) is 3.68. The summed E-state index contributed by atoms with van der Waals surface area (Å²) in [5.74, 6) is 0.420. The van der Waals surface area contributed by atoms with E-state index in [9.17, 15) is 0 Å². The van der Waals surface area contributed by atoms with E-state index in [0.29, 0.717) is 10.7 Å². The number of pyridine rings is 1. The van der Waals surface area contributed by atoms with E-state index in [0.717, 1.165) is 0 Å². The standard InChI is InChI=1S/C17H20BrN/c1-11-9-12(2)16(13(3)10-11)17(18)14(4)15-5-7-19-8-6-15/h5-10,14,17H,1-4H3. The van der Waals surface area contributed by atoms with E-state index in [-0.39, 0.29) is 0 Å². The normalized spacial score (nSPS) is 14.2. The van der Waals surface area contributed by atoms with Crippen LogP contribution in [-0.2, 0) is 0 Å². The lowest BCUT2D eigenvalue weighted by Gasteiger charge is -2.23. The summed E-state index contributed by atoms with van der Waals surface area (Å²) in [7, 11) is 0. The van der Waals surface area contributed by atoms with Gasteiger partial charge >= 0.3 is 0 Å². The fourth-order valence-corrected chi connectivity index (χ4v) is 3.74. The molecule has 0 amide bonds. The molecule has 0 spiro atoms. The summed E-state index contributed by atoms with van der Waals surface area (Å²) in [6.07, 6.45) is 3.72. The lowest BCUT2D eigenvalue weighted by molar-refractivity contribution is 0.742. The van der Waals surface area contributed by atoms with E-state index >= 15 is 0 Å². The van der Waals surface area contributed by atoms with Gasteiger partial charge in [-0.05, 0) is 61.1 Å². The van der Waals surface area contributed by atoms with Gasteiger partial charge < -0.3 is 0 Å². The second-order valence-corrected chi connectivity index (χ2v) is 6.27. The van der Waals surface area contributed by atoms with Crippen LogP contribution in [0.2, 0.25) is 0 Å². The first-order chi connectivity index (χ1) is 9.00. The zero-order valence-corrected chi connectivity index (χ0v) is 13.5. The molecule has 2 heteroatoms. The molecule has 2 rings (SSSR count). The molecule has 1 aromatic heterocycles. The van der Waals surface area contributed by atoms with Gasteiger partial charge in [0.1, 0.15) is 0 Å². The molecule has 19 heavy (non-hydrogen) atoms. The maximum atomic E-state index is 4.09. The van der Waals surface area contributed by atoms with Crippen LogP contribution in [0.15, 0.2) is 36.7 Å². The van der Waals surface area contributed by atoms with Gasteiger partial charge in [0.25, 0.3) is 0 Å². The quantitative estimate of drug-likeness (QED) is 0.705. The summed E-state index contributed by atoms with van der Waals surface area (Å²) in [6, 6.07) is 8.71. The third kappa shape index (κ3) is 3.06. The summed E-state index contributed by atoms with van der Waals surface area (Å²) < 4.78 is 0. The number of rotatable bonds is 3. The van der Waals surface area contributed by atoms with Crippen LogP contribution >= 0.6 is 15.9 Å². The summed E-state index contributed by atoms with van der Waals surface area (Å²) >= 11 is 3.89. The Morgan fingerprint density at radius 3 is 2.05 bits per heavy atom. The first-order valence-corrected chi connectivity index (χ1v) is 7.54. The molecule has 0 radical (unpaired) electrons. The van der Waals surface area contributed by atoms with E-state index in [1.54, 1.807) is 0 Å². The molecule has 1 aromatic carbocycles. The van der Waals surface area contributed by atoms with Gasteiger partial charge in [0, 0.05) is 17.2 Å². The van der Waals surface area contributed by atoms with Crippen molar-refractivity contribution in [3.63, 3.8) is 0 Å². The van der Waals surface area contributed by atoms with Gasteiger partial charge in [0.05, 0.1) is 0 Å². The second kappa shape index (κ2) is 5.87. The molecule has 0 N–H and O–H groups in total. The molecule has 1 nitrogen and oxygen atoms in total. The minimum Gasteiger partial charge on any atom is -0.265 e. The highest BCUT2D eigenvalue weighted by Crippen LogP contribution is 2.40. The van der Waals surface area contributed by atoms with Gasteiger partial charge in [-0.1, -0.05) is 40.5 Å². The Morgan fingerprint density at radius 1 is 1.00 bits per heavy atom. The smallest absolute Gasteiger partial charge is 0.0466 e. The predicted molar refractivity (Wildman–Crippen MR) is 85.0 cm³/mol. The summed E-state index contributed by atoms with van der Waals surface area (Å²) in [6.45, 7) is 8.80. The number of aryl methyl sites for hydroxylation is 3. The number of aromatic nitrogens is 1. The molecule has 2 unspecified atom stereocenters. The van der Waals surface area contributed by atoms with Crippen molar-refractivity contribution in [2.75, 3.05) is 0 Å². The highest BCUT2D eigenvalue weighted by molar-refractivity contribution is 9.09. The van der Waals surface area contributed by atoms with Gasteiger partial charge in [0.15, 0.2) is 0 Å². The number of alkyl halides is 1. The first-order valence-electron chi connectivity index (χ1n) is 6.62. The van der Waals surface area contributed by atoms with Crippen molar-refractivity contribution in [3.8, 4) is 0 Å². The molecule has 100 valence electrons. The zero-order chi connectivity index (χ0) is 14.0. The van der Waals surface area contributed by atoms with E-state index in [1.165, 1.54) is 27.8 Å².